The van der Waals surface area contributed by atoms with Gasteiger partial charge < -0.3 is 9.47 Å². The van der Waals surface area contributed by atoms with Crippen LogP contribution in [-0.4, -0.2) is 12.6 Å². The van der Waals surface area contributed by atoms with E-state index in [2.05, 4.69) is 11.7 Å². The molecule has 0 bridgehead atoms. The van der Waals surface area contributed by atoms with Crippen molar-refractivity contribution in [2.45, 2.75) is 97.3 Å². The van der Waals surface area contributed by atoms with Gasteiger partial charge in [0.05, 0.1) is 23.7 Å². The average molecular weight is 609 g/mol. The molecule has 1 saturated carbocycles. The fourth-order valence-electron chi connectivity index (χ4n) is 5.46. The third-order valence-corrected chi connectivity index (χ3v) is 7.83. The van der Waals surface area contributed by atoms with Crippen molar-refractivity contribution in [3.8, 4) is 22.6 Å². The van der Waals surface area contributed by atoms with Crippen molar-refractivity contribution >= 4 is 5.97 Å². The number of carbonyl (C=O) groups is 1. The van der Waals surface area contributed by atoms with Crippen LogP contribution in [0.25, 0.3) is 11.1 Å². The van der Waals surface area contributed by atoms with E-state index in [4.69, 9.17) is 4.74 Å². The van der Waals surface area contributed by atoms with Gasteiger partial charge in [0.2, 0.25) is 29.0 Å². The fraction of sp³-hybridized carbons (Fsp3) is 0.581. The van der Waals surface area contributed by atoms with Crippen LogP contribution in [0.3, 0.4) is 0 Å². The maximum atomic E-state index is 14.9. The van der Waals surface area contributed by atoms with Crippen molar-refractivity contribution in [3.05, 3.63) is 46.5 Å². The predicted octanol–water partition coefficient (Wildman–Crippen LogP) is 10.1. The van der Waals surface area contributed by atoms with Gasteiger partial charge in [-0.15, -0.1) is 0 Å². The molecule has 0 aliphatic heterocycles. The first kappa shape index (κ1) is 33.6. The van der Waals surface area contributed by atoms with Gasteiger partial charge in [0.15, 0.2) is 29.0 Å². The summed E-state index contributed by atoms with van der Waals surface area (Å²) in [5.74, 6) is -23.1. The molecule has 1 aliphatic carbocycles. The summed E-state index contributed by atoms with van der Waals surface area (Å²) in [6, 6.07) is 0. The van der Waals surface area contributed by atoms with Gasteiger partial charge >= 0.3 is 5.97 Å². The number of halogens is 8. The van der Waals surface area contributed by atoms with Crippen LogP contribution in [0.1, 0.15) is 97.3 Å². The molecule has 2 aromatic rings. The monoisotopic (exact) mass is 608 g/mol. The Balaban J connectivity index is 1.67. The first-order valence-electron chi connectivity index (χ1n) is 14.6. The highest BCUT2D eigenvalue weighted by Crippen LogP contribution is 2.42. The number of rotatable bonds is 14. The lowest BCUT2D eigenvalue weighted by molar-refractivity contribution is -0.140. The predicted molar refractivity (Wildman–Crippen MR) is 141 cm³/mol. The summed E-state index contributed by atoms with van der Waals surface area (Å²) in [6.07, 6.45) is 12.6. The third-order valence-electron chi connectivity index (χ3n) is 7.83. The Labute approximate surface area is 240 Å². The Hall–Kier alpha value is -2.85. The molecule has 0 amide bonds. The number of ether oxygens (including phenoxy) is 2. The van der Waals surface area contributed by atoms with Crippen LogP contribution in [0.15, 0.2) is 0 Å². The molecule has 0 aromatic heterocycles. The standard InChI is InChI=1S/C31H36F8O3/c1-3-5-6-7-8-9-10-11-12-17-13-15-18(16-14-17)31(40)42-30-27(38)23(34)20(24(35)28(30)39)19-21(32)25(36)29(41-4-2)26(37)22(19)33/h17-18H,3-16H2,1-2H3/t17-,18-. The summed E-state index contributed by atoms with van der Waals surface area (Å²) in [4.78, 5) is 12.6. The lowest BCUT2D eigenvalue weighted by atomic mass is 9.79. The van der Waals surface area contributed by atoms with Crippen LogP contribution in [-0.2, 0) is 4.79 Å². The maximum absolute atomic E-state index is 14.9. The fourth-order valence-corrected chi connectivity index (χ4v) is 5.46. The molecule has 0 atom stereocenters. The summed E-state index contributed by atoms with van der Waals surface area (Å²) >= 11 is 0. The van der Waals surface area contributed by atoms with E-state index in [0.29, 0.717) is 31.6 Å². The van der Waals surface area contributed by atoms with Crippen LogP contribution >= 0.6 is 0 Å². The van der Waals surface area contributed by atoms with Crippen molar-refractivity contribution in [2.24, 2.45) is 11.8 Å². The molecule has 3 rings (SSSR count). The SMILES string of the molecule is CCCCCCCCCC[C@H]1CC[C@H](C(=O)Oc2c(F)c(F)c(-c3c(F)c(F)c(OCC)c(F)c3F)c(F)c2F)CC1. The number of esters is 1. The molecule has 0 heterocycles. The Morgan fingerprint density at radius 2 is 1.02 bits per heavy atom. The lowest BCUT2D eigenvalue weighted by Gasteiger charge is -2.27. The average Bonchev–Trinajstić information content (AvgIpc) is 2.98. The zero-order valence-electron chi connectivity index (χ0n) is 23.8. The topological polar surface area (TPSA) is 35.5 Å². The van der Waals surface area contributed by atoms with Crippen molar-refractivity contribution in [1.29, 1.82) is 0 Å². The van der Waals surface area contributed by atoms with E-state index in [0.717, 1.165) is 19.3 Å². The van der Waals surface area contributed by atoms with Crippen LogP contribution < -0.4 is 9.47 Å². The first-order valence-corrected chi connectivity index (χ1v) is 14.6. The van der Waals surface area contributed by atoms with E-state index in [1.807, 2.05) is 0 Å². The molecular weight excluding hydrogens is 572 g/mol. The molecule has 0 N–H and O–H groups in total. The van der Waals surface area contributed by atoms with Gasteiger partial charge in [-0.3, -0.25) is 4.79 Å². The van der Waals surface area contributed by atoms with Gasteiger partial charge in [-0.25, -0.2) is 17.6 Å². The van der Waals surface area contributed by atoms with Gasteiger partial charge in [0.1, 0.15) is 0 Å². The van der Waals surface area contributed by atoms with Gasteiger partial charge in [0, 0.05) is 0 Å². The van der Waals surface area contributed by atoms with E-state index < -0.39 is 87.7 Å². The molecule has 0 saturated heterocycles. The van der Waals surface area contributed by atoms with Crippen molar-refractivity contribution in [2.75, 3.05) is 6.61 Å². The Bertz CT molecular complexity index is 1180. The van der Waals surface area contributed by atoms with Crippen LogP contribution in [0, 0.1) is 58.4 Å². The number of carbonyl (C=O) groups excluding carboxylic acids is 1. The molecule has 0 unspecified atom stereocenters. The molecule has 0 spiro atoms. The molecule has 42 heavy (non-hydrogen) atoms. The molecule has 0 radical (unpaired) electrons. The van der Waals surface area contributed by atoms with E-state index in [1.165, 1.54) is 45.4 Å². The highest BCUT2D eigenvalue weighted by atomic mass is 19.2. The molecular formula is C31H36F8O3. The second kappa shape index (κ2) is 15.6. The van der Waals surface area contributed by atoms with Gasteiger partial charge in [-0.05, 0) is 38.5 Å². The third kappa shape index (κ3) is 7.56. The van der Waals surface area contributed by atoms with E-state index >= 15 is 0 Å². The summed E-state index contributed by atoms with van der Waals surface area (Å²) in [5.41, 5.74) is -4.06. The summed E-state index contributed by atoms with van der Waals surface area (Å²) in [6.45, 7) is 3.00. The molecule has 2 aromatic carbocycles. The number of hydrogen-bond acceptors (Lipinski definition) is 3. The van der Waals surface area contributed by atoms with Gasteiger partial charge in [-0.1, -0.05) is 64.7 Å². The smallest absolute Gasteiger partial charge is 0.314 e. The molecule has 3 nitrogen and oxygen atoms in total. The Kier molecular flexibility index (Phi) is 12.5. The Morgan fingerprint density at radius 1 is 0.595 bits per heavy atom. The minimum Gasteiger partial charge on any atom is -0.488 e. The first-order chi connectivity index (χ1) is 20.0. The highest BCUT2D eigenvalue weighted by molar-refractivity contribution is 5.76. The normalized spacial score (nSPS) is 17.0. The van der Waals surface area contributed by atoms with Crippen molar-refractivity contribution in [3.63, 3.8) is 0 Å². The molecule has 1 aliphatic rings. The zero-order chi connectivity index (χ0) is 31.0. The van der Waals surface area contributed by atoms with Crippen LogP contribution in [0.4, 0.5) is 35.1 Å². The summed E-state index contributed by atoms with van der Waals surface area (Å²) in [5, 5.41) is 0. The molecule has 234 valence electrons. The summed E-state index contributed by atoms with van der Waals surface area (Å²) in [7, 11) is 0. The number of benzene rings is 2. The maximum Gasteiger partial charge on any atom is 0.314 e. The van der Waals surface area contributed by atoms with Crippen molar-refractivity contribution in [1.82, 2.24) is 0 Å². The second-order valence-electron chi connectivity index (χ2n) is 10.8. The lowest BCUT2D eigenvalue weighted by Crippen LogP contribution is -2.26. The zero-order valence-corrected chi connectivity index (χ0v) is 23.8. The second-order valence-corrected chi connectivity index (χ2v) is 10.8. The van der Waals surface area contributed by atoms with Gasteiger partial charge in [0.25, 0.3) is 0 Å². The van der Waals surface area contributed by atoms with E-state index in [-0.39, 0.29) is 0 Å². The molecule has 1 fully saturated rings. The Morgan fingerprint density at radius 3 is 1.48 bits per heavy atom. The minimum atomic E-state index is -2.40. The quantitative estimate of drug-likeness (QED) is 0.0704. The van der Waals surface area contributed by atoms with E-state index in [9.17, 15) is 39.9 Å². The van der Waals surface area contributed by atoms with Gasteiger partial charge in [-0.2, -0.15) is 17.6 Å². The largest absolute Gasteiger partial charge is 0.488 e. The number of unbranched alkanes of at least 4 members (excludes halogenated alkanes) is 7. The number of hydrogen-bond donors (Lipinski definition) is 0. The summed E-state index contributed by atoms with van der Waals surface area (Å²) < 4.78 is 126. The van der Waals surface area contributed by atoms with Crippen LogP contribution in [0.5, 0.6) is 11.5 Å². The van der Waals surface area contributed by atoms with Crippen molar-refractivity contribution < 1.29 is 49.4 Å². The minimum absolute atomic E-state index is 0.355. The highest BCUT2D eigenvalue weighted by Gasteiger charge is 2.37. The van der Waals surface area contributed by atoms with E-state index in [1.54, 1.807) is 0 Å². The molecule has 11 heteroatoms. The van der Waals surface area contributed by atoms with Crippen LogP contribution in [0.2, 0.25) is 0 Å².